The van der Waals surface area contributed by atoms with Gasteiger partial charge in [-0.15, -0.1) is 0 Å². The number of amides is 1. The van der Waals surface area contributed by atoms with Crippen LogP contribution >= 0.6 is 0 Å². The number of benzene rings is 1. The zero-order valence-electron chi connectivity index (χ0n) is 12.9. The molecular weight excluding hydrogens is 323 g/mol. The van der Waals surface area contributed by atoms with Gasteiger partial charge in [0.25, 0.3) is 0 Å². The zero-order chi connectivity index (χ0) is 17.0. The van der Waals surface area contributed by atoms with Crippen LogP contribution in [-0.2, 0) is 19.6 Å². The molecule has 128 valence electrons. The highest BCUT2D eigenvalue weighted by atomic mass is 32.2. The number of carbonyl (C=O) groups excluding carboxylic acids is 1. The van der Waals surface area contributed by atoms with Gasteiger partial charge in [-0.25, -0.2) is 12.8 Å². The van der Waals surface area contributed by atoms with Gasteiger partial charge in [0, 0.05) is 13.7 Å². The first-order valence-electron chi connectivity index (χ1n) is 7.43. The van der Waals surface area contributed by atoms with Gasteiger partial charge in [0.1, 0.15) is 11.9 Å². The SMILES string of the molecule is CN(C(C(N)=O)c1cccc(F)c1)S(=O)(=O)CC1CCCCO1. The minimum absolute atomic E-state index is 0.202. The maximum Gasteiger partial charge on any atom is 0.240 e. The fourth-order valence-electron chi connectivity index (χ4n) is 2.68. The van der Waals surface area contributed by atoms with Crippen molar-refractivity contribution in [1.82, 2.24) is 4.31 Å². The van der Waals surface area contributed by atoms with Crippen molar-refractivity contribution >= 4 is 15.9 Å². The molecule has 1 aromatic carbocycles. The highest BCUT2D eigenvalue weighted by Gasteiger charge is 2.34. The average Bonchev–Trinajstić information content (AvgIpc) is 2.47. The molecule has 1 heterocycles. The van der Waals surface area contributed by atoms with Crippen LogP contribution in [-0.4, -0.2) is 44.1 Å². The van der Waals surface area contributed by atoms with E-state index in [-0.39, 0.29) is 11.3 Å². The first-order chi connectivity index (χ1) is 10.8. The minimum Gasteiger partial charge on any atom is -0.377 e. The van der Waals surface area contributed by atoms with Crippen LogP contribution in [0.25, 0.3) is 0 Å². The van der Waals surface area contributed by atoms with Crippen molar-refractivity contribution in [3.8, 4) is 0 Å². The summed E-state index contributed by atoms with van der Waals surface area (Å²) in [6, 6.07) is 3.96. The number of halogens is 1. The Morgan fingerprint density at radius 2 is 2.22 bits per heavy atom. The Kier molecular flexibility index (Phi) is 5.72. The lowest BCUT2D eigenvalue weighted by Crippen LogP contribution is -2.43. The van der Waals surface area contributed by atoms with Crippen LogP contribution in [0.1, 0.15) is 30.9 Å². The van der Waals surface area contributed by atoms with Crippen LogP contribution in [0.5, 0.6) is 0 Å². The number of hydrogen-bond acceptors (Lipinski definition) is 4. The maximum absolute atomic E-state index is 13.4. The summed E-state index contributed by atoms with van der Waals surface area (Å²) < 4.78 is 44.8. The van der Waals surface area contributed by atoms with Crippen LogP contribution in [0.15, 0.2) is 24.3 Å². The summed E-state index contributed by atoms with van der Waals surface area (Å²) >= 11 is 0. The van der Waals surface area contributed by atoms with E-state index in [1.807, 2.05) is 0 Å². The molecule has 8 heteroatoms. The lowest BCUT2D eigenvalue weighted by atomic mass is 10.1. The number of rotatable bonds is 6. The Morgan fingerprint density at radius 3 is 2.78 bits per heavy atom. The summed E-state index contributed by atoms with van der Waals surface area (Å²) in [4.78, 5) is 11.8. The lowest BCUT2D eigenvalue weighted by Gasteiger charge is -2.29. The van der Waals surface area contributed by atoms with Crippen molar-refractivity contribution < 1.29 is 22.3 Å². The Balaban J connectivity index is 2.22. The van der Waals surface area contributed by atoms with Crippen LogP contribution in [0.3, 0.4) is 0 Å². The van der Waals surface area contributed by atoms with Crippen LogP contribution in [0, 0.1) is 5.82 Å². The maximum atomic E-state index is 13.4. The molecule has 2 atom stereocenters. The molecule has 1 aliphatic rings. The summed E-state index contributed by atoms with van der Waals surface area (Å²) in [5, 5.41) is 0. The van der Waals surface area contributed by atoms with Gasteiger partial charge in [0.15, 0.2) is 0 Å². The van der Waals surface area contributed by atoms with Crippen molar-refractivity contribution in [2.75, 3.05) is 19.4 Å². The fraction of sp³-hybridized carbons (Fsp3) is 0.533. The third kappa shape index (κ3) is 4.49. The number of sulfonamides is 1. The number of nitrogens with zero attached hydrogens (tertiary/aromatic N) is 1. The first kappa shape index (κ1) is 17.8. The molecule has 0 saturated carbocycles. The molecule has 2 N–H and O–H groups in total. The van der Waals surface area contributed by atoms with E-state index in [1.54, 1.807) is 0 Å². The Morgan fingerprint density at radius 1 is 1.48 bits per heavy atom. The number of likely N-dealkylation sites (N-methyl/N-ethyl adjacent to an activating group) is 1. The number of ether oxygens (including phenoxy) is 1. The quantitative estimate of drug-likeness (QED) is 0.839. The van der Waals surface area contributed by atoms with E-state index in [1.165, 1.54) is 25.2 Å². The van der Waals surface area contributed by atoms with Crippen LogP contribution in [0.4, 0.5) is 4.39 Å². The molecule has 2 unspecified atom stereocenters. The number of carbonyl (C=O) groups is 1. The van der Waals surface area contributed by atoms with Gasteiger partial charge in [-0.05, 0) is 37.0 Å². The van der Waals surface area contributed by atoms with E-state index in [0.717, 1.165) is 23.2 Å². The molecular formula is C15H21FN2O4S. The smallest absolute Gasteiger partial charge is 0.240 e. The summed E-state index contributed by atoms with van der Waals surface area (Å²) in [7, 11) is -2.50. The molecule has 6 nitrogen and oxygen atoms in total. The highest BCUT2D eigenvalue weighted by Crippen LogP contribution is 2.24. The summed E-state index contributed by atoms with van der Waals surface area (Å²) in [6.45, 7) is 0.535. The molecule has 1 aromatic rings. The van der Waals surface area contributed by atoms with Gasteiger partial charge >= 0.3 is 0 Å². The Labute approximate surface area is 135 Å². The van der Waals surface area contributed by atoms with Crippen molar-refractivity contribution in [1.29, 1.82) is 0 Å². The minimum atomic E-state index is -3.78. The Hall–Kier alpha value is -1.51. The van der Waals surface area contributed by atoms with Crippen molar-refractivity contribution in [3.63, 3.8) is 0 Å². The molecule has 0 radical (unpaired) electrons. The van der Waals surface area contributed by atoms with Crippen LogP contribution in [0.2, 0.25) is 0 Å². The molecule has 23 heavy (non-hydrogen) atoms. The number of hydrogen-bond donors (Lipinski definition) is 1. The van der Waals surface area contributed by atoms with Crippen molar-refractivity contribution in [2.24, 2.45) is 5.73 Å². The average molecular weight is 344 g/mol. The second-order valence-electron chi connectivity index (χ2n) is 5.64. The first-order valence-corrected chi connectivity index (χ1v) is 9.04. The molecule has 0 aliphatic carbocycles. The van der Waals surface area contributed by atoms with E-state index >= 15 is 0 Å². The van der Waals surface area contributed by atoms with Gasteiger partial charge in [-0.1, -0.05) is 12.1 Å². The normalized spacial score (nSPS) is 20.4. The molecule has 0 bridgehead atoms. The van der Waals surface area contributed by atoms with E-state index in [0.29, 0.717) is 13.0 Å². The zero-order valence-corrected chi connectivity index (χ0v) is 13.8. The third-order valence-electron chi connectivity index (χ3n) is 3.91. The summed E-state index contributed by atoms with van der Waals surface area (Å²) in [5.74, 6) is -1.64. The van der Waals surface area contributed by atoms with Gasteiger partial charge in [-0.2, -0.15) is 4.31 Å². The predicted molar refractivity (Wildman–Crippen MR) is 83.5 cm³/mol. The largest absolute Gasteiger partial charge is 0.377 e. The van der Waals surface area contributed by atoms with Crippen molar-refractivity contribution in [3.05, 3.63) is 35.6 Å². The molecule has 1 amide bonds. The second-order valence-corrected chi connectivity index (χ2v) is 7.72. The predicted octanol–water partition coefficient (Wildman–Crippen LogP) is 1.18. The summed E-state index contributed by atoms with van der Waals surface area (Å²) in [5.41, 5.74) is 5.55. The molecule has 1 fully saturated rings. The van der Waals surface area contributed by atoms with E-state index in [2.05, 4.69) is 0 Å². The fourth-order valence-corrected chi connectivity index (χ4v) is 4.20. The Bertz CT molecular complexity index is 659. The van der Waals surface area contributed by atoms with Gasteiger partial charge < -0.3 is 10.5 Å². The van der Waals surface area contributed by atoms with Crippen molar-refractivity contribution in [2.45, 2.75) is 31.4 Å². The molecule has 1 aliphatic heterocycles. The highest BCUT2D eigenvalue weighted by molar-refractivity contribution is 7.89. The number of primary amides is 1. The molecule has 0 aromatic heterocycles. The number of nitrogens with two attached hydrogens (primary N) is 1. The van der Waals surface area contributed by atoms with Crippen LogP contribution < -0.4 is 5.73 Å². The summed E-state index contributed by atoms with van der Waals surface area (Å²) in [6.07, 6.45) is 2.10. The van der Waals surface area contributed by atoms with E-state index < -0.39 is 33.9 Å². The van der Waals surface area contributed by atoms with Gasteiger partial charge in [-0.3, -0.25) is 4.79 Å². The lowest BCUT2D eigenvalue weighted by molar-refractivity contribution is -0.121. The molecule has 0 spiro atoms. The second kappa shape index (κ2) is 7.37. The molecule has 1 saturated heterocycles. The molecule has 2 rings (SSSR count). The standard InChI is InChI=1S/C15H21FN2O4S/c1-18(23(20,21)10-13-7-2-3-8-22-13)14(15(17)19)11-5-4-6-12(16)9-11/h4-6,9,13-14H,2-3,7-8,10H2,1H3,(H2,17,19). The van der Waals surface area contributed by atoms with E-state index in [4.69, 9.17) is 10.5 Å². The monoisotopic (exact) mass is 344 g/mol. The van der Waals surface area contributed by atoms with E-state index in [9.17, 15) is 17.6 Å². The third-order valence-corrected chi connectivity index (χ3v) is 5.79. The van der Waals surface area contributed by atoms with Gasteiger partial charge in [0.2, 0.25) is 15.9 Å². The van der Waals surface area contributed by atoms with Gasteiger partial charge in [0.05, 0.1) is 11.9 Å². The topological polar surface area (TPSA) is 89.7 Å².